The lowest BCUT2D eigenvalue weighted by molar-refractivity contribution is 0.0920. The molecule has 6 nitrogen and oxygen atoms in total. The lowest BCUT2D eigenvalue weighted by Crippen LogP contribution is -2.39. The molecule has 1 amide bonds. The first-order valence-electron chi connectivity index (χ1n) is 7.60. The van der Waals surface area contributed by atoms with Crippen LogP contribution in [0.1, 0.15) is 29.0 Å². The summed E-state index contributed by atoms with van der Waals surface area (Å²) in [4.78, 5) is 14.5. The molecule has 1 N–H and O–H groups in total. The number of amides is 1. The summed E-state index contributed by atoms with van der Waals surface area (Å²) < 4.78 is 6.83. The zero-order valence-electron chi connectivity index (χ0n) is 13.3. The number of rotatable bonds is 6. The van der Waals surface area contributed by atoms with Crippen LogP contribution in [0.15, 0.2) is 6.07 Å². The van der Waals surface area contributed by atoms with Crippen molar-refractivity contribution in [2.24, 2.45) is 13.0 Å². The first kappa shape index (κ1) is 16.0. The Kier molecular flexibility index (Phi) is 5.76. The van der Waals surface area contributed by atoms with E-state index in [1.54, 1.807) is 11.8 Å². The van der Waals surface area contributed by atoms with Crippen LogP contribution in [0.3, 0.4) is 0 Å². The van der Waals surface area contributed by atoms with E-state index < -0.39 is 0 Å². The Labute approximate surface area is 126 Å². The molecule has 0 radical (unpaired) electrons. The number of nitrogens with zero attached hydrogens (tertiary/aromatic N) is 3. The average molecular weight is 294 g/mol. The third-order valence-electron chi connectivity index (χ3n) is 4.22. The van der Waals surface area contributed by atoms with E-state index in [-0.39, 0.29) is 5.91 Å². The molecule has 0 spiro atoms. The predicted octanol–water partition coefficient (Wildman–Crippen LogP) is 0.817. The summed E-state index contributed by atoms with van der Waals surface area (Å²) in [7, 11) is 3.59. The molecule has 1 saturated heterocycles. The highest BCUT2D eigenvalue weighted by molar-refractivity contribution is 5.92. The number of hydrogen-bond donors (Lipinski definition) is 1. The van der Waals surface area contributed by atoms with Gasteiger partial charge in [-0.1, -0.05) is 0 Å². The lowest BCUT2D eigenvalue weighted by Gasteiger charge is -2.31. The van der Waals surface area contributed by atoms with Gasteiger partial charge in [0, 0.05) is 32.9 Å². The van der Waals surface area contributed by atoms with E-state index in [0.29, 0.717) is 11.6 Å². The van der Waals surface area contributed by atoms with Gasteiger partial charge >= 0.3 is 0 Å². The first-order valence-corrected chi connectivity index (χ1v) is 7.60. The molecule has 2 rings (SSSR count). The second-order valence-electron chi connectivity index (χ2n) is 5.78. The quantitative estimate of drug-likeness (QED) is 0.844. The Morgan fingerprint density at radius 1 is 1.48 bits per heavy atom. The highest BCUT2D eigenvalue weighted by Crippen LogP contribution is 2.16. The van der Waals surface area contributed by atoms with Gasteiger partial charge in [-0.3, -0.25) is 9.48 Å². The van der Waals surface area contributed by atoms with E-state index in [2.05, 4.69) is 15.3 Å². The van der Waals surface area contributed by atoms with E-state index in [1.165, 1.54) is 0 Å². The van der Waals surface area contributed by atoms with Crippen molar-refractivity contribution in [2.45, 2.75) is 19.8 Å². The molecule has 1 aromatic rings. The second kappa shape index (κ2) is 7.56. The SMILES string of the molecule is COCCN1CCC(CNC(=O)c2cc(C)n(C)n2)CC1. The minimum absolute atomic E-state index is 0.0690. The highest BCUT2D eigenvalue weighted by atomic mass is 16.5. The van der Waals surface area contributed by atoms with Crippen LogP contribution in [0.5, 0.6) is 0 Å². The molecule has 118 valence electrons. The molecule has 1 aliphatic rings. The van der Waals surface area contributed by atoms with Gasteiger partial charge < -0.3 is 15.0 Å². The van der Waals surface area contributed by atoms with Crippen molar-refractivity contribution in [3.05, 3.63) is 17.5 Å². The number of ether oxygens (including phenoxy) is 1. The van der Waals surface area contributed by atoms with Gasteiger partial charge in [-0.05, 0) is 44.8 Å². The smallest absolute Gasteiger partial charge is 0.271 e. The molecular weight excluding hydrogens is 268 g/mol. The molecule has 0 atom stereocenters. The Morgan fingerprint density at radius 3 is 2.76 bits per heavy atom. The van der Waals surface area contributed by atoms with Crippen LogP contribution in [0.2, 0.25) is 0 Å². The number of aryl methyl sites for hydroxylation is 2. The van der Waals surface area contributed by atoms with E-state index in [1.807, 2.05) is 20.0 Å². The highest BCUT2D eigenvalue weighted by Gasteiger charge is 2.20. The minimum Gasteiger partial charge on any atom is -0.383 e. The van der Waals surface area contributed by atoms with Gasteiger partial charge in [-0.25, -0.2) is 0 Å². The second-order valence-corrected chi connectivity index (χ2v) is 5.78. The molecule has 1 aliphatic heterocycles. The Morgan fingerprint density at radius 2 is 2.19 bits per heavy atom. The van der Waals surface area contributed by atoms with Gasteiger partial charge in [0.2, 0.25) is 0 Å². The zero-order valence-corrected chi connectivity index (χ0v) is 13.3. The van der Waals surface area contributed by atoms with Gasteiger partial charge in [0.15, 0.2) is 0 Å². The van der Waals surface area contributed by atoms with Crippen molar-refractivity contribution in [3.63, 3.8) is 0 Å². The van der Waals surface area contributed by atoms with Crippen LogP contribution in [-0.2, 0) is 11.8 Å². The van der Waals surface area contributed by atoms with Gasteiger partial charge in [0.05, 0.1) is 6.61 Å². The molecule has 0 unspecified atom stereocenters. The molecule has 21 heavy (non-hydrogen) atoms. The molecule has 6 heteroatoms. The molecule has 1 aromatic heterocycles. The third-order valence-corrected chi connectivity index (χ3v) is 4.22. The van der Waals surface area contributed by atoms with Gasteiger partial charge in [-0.2, -0.15) is 5.10 Å². The molecule has 1 fully saturated rings. The van der Waals surface area contributed by atoms with Crippen molar-refractivity contribution in [3.8, 4) is 0 Å². The standard InChI is InChI=1S/C15H26N4O2/c1-12-10-14(17-18(12)2)15(20)16-11-13-4-6-19(7-5-13)8-9-21-3/h10,13H,4-9,11H2,1-3H3,(H,16,20). The number of hydrogen-bond acceptors (Lipinski definition) is 4. The van der Waals surface area contributed by atoms with Crippen LogP contribution < -0.4 is 5.32 Å². The zero-order chi connectivity index (χ0) is 15.2. The summed E-state index contributed by atoms with van der Waals surface area (Å²) in [5, 5.41) is 7.21. The molecule has 0 bridgehead atoms. The molecule has 0 aromatic carbocycles. The number of aromatic nitrogens is 2. The van der Waals surface area contributed by atoms with Crippen molar-refractivity contribution in [1.82, 2.24) is 20.0 Å². The lowest BCUT2D eigenvalue weighted by atomic mass is 9.97. The van der Waals surface area contributed by atoms with Crippen LogP contribution in [-0.4, -0.2) is 60.5 Å². The number of carbonyl (C=O) groups excluding carboxylic acids is 1. The maximum absolute atomic E-state index is 12.0. The number of methoxy groups -OCH3 is 1. The third kappa shape index (κ3) is 4.54. The Balaban J connectivity index is 1.71. The summed E-state index contributed by atoms with van der Waals surface area (Å²) >= 11 is 0. The average Bonchev–Trinajstić information content (AvgIpc) is 2.83. The predicted molar refractivity (Wildman–Crippen MR) is 81.3 cm³/mol. The fourth-order valence-electron chi connectivity index (χ4n) is 2.63. The van der Waals surface area contributed by atoms with E-state index >= 15 is 0 Å². The van der Waals surface area contributed by atoms with Gasteiger partial charge in [0.25, 0.3) is 5.91 Å². The molecular formula is C15H26N4O2. The van der Waals surface area contributed by atoms with Gasteiger partial charge in [0.1, 0.15) is 5.69 Å². The van der Waals surface area contributed by atoms with E-state index in [4.69, 9.17) is 4.74 Å². The van der Waals surface area contributed by atoms with Crippen LogP contribution in [0, 0.1) is 12.8 Å². The van der Waals surface area contributed by atoms with Crippen molar-refractivity contribution in [1.29, 1.82) is 0 Å². The number of nitrogens with one attached hydrogen (secondary N) is 1. The van der Waals surface area contributed by atoms with Crippen LogP contribution >= 0.6 is 0 Å². The fraction of sp³-hybridized carbons (Fsp3) is 0.733. The molecule has 0 saturated carbocycles. The van der Waals surface area contributed by atoms with Crippen molar-refractivity contribution >= 4 is 5.91 Å². The van der Waals surface area contributed by atoms with Crippen molar-refractivity contribution in [2.75, 3.05) is 39.9 Å². The summed E-state index contributed by atoms with van der Waals surface area (Å²) in [6.07, 6.45) is 2.26. The van der Waals surface area contributed by atoms with E-state index in [0.717, 1.165) is 51.3 Å². The summed E-state index contributed by atoms with van der Waals surface area (Å²) in [6.45, 7) is 6.66. The molecule has 2 heterocycles. The minimum atomic E-state index is -0.0690. The maximum Gasteiger partial charge on any atom is 0.271 e. The number of likely N-dealkylation sites (tertiary alicyclic amines) is 1. The van der Waals surface area contributed by atoms with E-state index in [9.17, 15) is 4.79 Å². The van der Waals surface area contributed by atoms with Crippen molar-refractivity contribution < 1.29 is 9.53 Å². The molecule has 0 aliphatic carbocycles. The Hall–Kier alpha value is -1.40. The summed E-state index contributed by atoms with van der Waals surface area (Å²) in [5.74, 6) is 0.498. The topological polar surface area (TPSA) is 59.4 Å². The summed E-state index contributed by atoms with van der Waals surface area (Å²) in [6, 6.07) is 1.82. The summed E-state index contributed by atoms with van der Waals surface area (Å²) in [5.41, 5.74) is 1.50. The normalized spacial score (nSPS) is 17.1. The van der Waals surface area contributed by atoms with Gasteiger partial charge in [-0.15, -0.1) is 0 Å². The fourth-order valence-corrected chi connectivity index (χ4v) is 2.63. The Bertz CT molecular complexity index is 445. The number of piperidine rings is 1. The first-order chi connectivity index (χ1) is 10.1. The maximum atomic E-state index is 12.0. The van der Waals surface area contributed by atoms with Crippen LogP contribution in [0.4, 0.5) is 0 Å². The largest absolute Gasteiger partial charge is 0.383 e. The number of carbonyl (C=O) groups is 1. The van der Waals surface area contributed by atoms with Crippen LogP contribution in [0.25, 0.3) is 0 Å². The monoisotopic (exact) mass is 294 g/mol.